The second-order valence-electron chi connectivity index (χ2n) is 9.33. The molecule has 33 heavy (non-hydrogen) atoms. The zero-order valence-electron chi connectivity index (χ0n) is 18.7. The lowest BCUT2D eigenvalue weighted by Gasteiger charge is -2.54. The fraction of sp³-hybridized carbons (Fsp3) is 0.435. The number of amides is 1. The van der Waals surface area contributed by atoms with Gasteiger partial charge in [0.05, 0.1) is 23.2 Å². The van der Waals surface area contributed by atoms with Gasteiger partial charge in [-0.3, -0.25) is 9.88 Å². The predicted octanol–water partition coefficient (Wildman–Crippen LogP) is 4.65. The van der Waals surface area contributed by atoms with Crippen LogP contribution in [-0.2, 0) is 12.0 Å². The third-order valence-electron chi connectivity index (χ3n) is 6.11. The van der Waals surface area contributed by atoms with Gasteiger partial charge in [0, 0.05) is 17.8 Å². The van der Waals surface area contributed by atoms with Crippen molar-refractivity contribution in [1.82, 2.24) is 20.2 Å². The molecule has 1 aliphatic rings. The summed E-state index contributed by atoms with van der Waals surface area (Å²) in [5.41, 5.74) is -0.538. The summed E-state index contributed by atoms with van der Waals surface area (Å²) in [6.07, 6.45) is 4.04. The fourth-order valence-electron chi connectivity index (χ4n) is 4.82. The van der Waals surface area contributed by atoms with Crippen LogP contribution in [0, 0.1) is 11.2 Å². The van der Waals surface area contributed by atoms with Crippen molar-refractivity contribution in [3.63, 3.8) is 0 Å². The van der Waals surface area contributed by atoms with E-state index in [1.54, 1.807) is 24.5 Å². The topological polar surface area (TPSA) is 112 Å². The maximum absolute atomic E-state index is 14.9. The van der Waals surface area contributed by atoms with Gasteiger partial charge >= 0.3 is 6.09 Å². The molecule has 3 heterocycles. The highest BCUT2D eigenvalue weighted by Gasteiger charge is 2.56. The van der Waals surface area contributed by atoms with Crippen LogP contribution in [0.1, 0.15) is 50.6 Å². The molecule has 8 nitrogen and oxygen atoms in total. The van der Waals surface area contributed by atoms with Gasteiger partial charge in [0.2, 0.25) is 0 Å². The van der Waals surface area contributed by atoms with Gasteiger partial charge in [-0.05, 0) is 42.5 Å². The van der Waals surface area contributed by atoms with Gasteiger partial charge in [-0.2, -0.15) is 0 Å². The van der Waals surface area contributed by atoms with Crippen molar-refractivity contribution in [2.75, 3.05) is 4.90 Å². The normalized spacial score (nSPS) is 16.2. The molecule has 0 saturated heterocycles. The Morgan fingerprint density at radius 2 is 2.00 bits per heavy atom. The van der Waals surface area contributed by atoms with E-state index in [-0.39, 0.29) is 12.4 Å². The molecule has 1 fully saturated rings. The molecule has 2 N–H and O–H groups in total. The van der Waals surface area contributed by atoms with E-state index in [2.05, 4.69) is 20.2 Å². The largest absolute Gasteiger partial charge is 0.465 e. The Morgan fingerprint density at radius 1 is 1.24 bits per heavy atom. The Hall–Kier alpha value is -2.98. The van der Waals surface area contributed by atoms with Gasteiger partial charge in [0.1, 0.15) is 16.5 Å². The van der Waals surface area contributed by atoms with Gasteiger partial charge in [0.15, 0.2) is 5.82 Å². The van der Waals surface area contributed by atoms with E-state index in [0.717, 1.165) is 6.42 Å². The number of halogens is 1. The van der Waals surface area contributed by atoms with Crippen LogP contribution in [0.3, 0.4) is 0 Å². The van der Waals surface area contributed by atoms with Crippen LogP contribution in [0.15, 0.2) is 36.7 Å². The van der Waals surface area contributed by atoms with E-state index in [0.29, 0.717) is 34.1 Å². The molecule has 0 aromatic carbocycles. The summed E-state index contributed by atoms with van der Waals surface area (Å²) in [7, 11) is 0. The Labute approximate surface area is 195 Å². The van der Waals surface area contributed by atoms with Gasteiger partial charge in [0.25, 0.3) is 0 Å². The maximum Gasteiger partial charge on any atom is 0.413 e. The molecule has 0 bridgehead atoms. The Morgan fingerprint density at radius 3 is 2.48 bits per heavy atom. The van der Waals surface area contributed by atoms with E-state index in [9.17, 15) is 19.4 Å². The lowest BCUT2D eigenvalue weighted by atomic mass is 9.55. The first-order chi connectivity index (χ1) is 15.7. The summed E-state index contributed by atoms with van der Waals surface area (Å²) >= 11 is 1.29. The van der Waals surface area contributed by atoms with E-state index in [1.807, 2.05) is 20.8 Å². The molecule has 1 saturated carbocycles. The summed E-state index contributed by atoms with van der Waals surface area (Å²) in [6, 6.07) is 5.54. The molecular weight excluding hydrogens is 445 g/mol. The molecule has 1 amide bonds. The van der Waals surface area contributed by atoms with Crippen LogP contribution in [-0.4, -0.2) is 42.5 Å². The minimum Gasteiger partial charge on any atom is -0.465 e. The number of aromatic nitrogens is 4. The number of thiazole rings is 1. The number of aliphatic hydroxyl groups excluding tert-OH is 1. The molecule has 1 aliphatic carbocycles. The van der Waals surface area contributed by atoms with Crippen LogP contribution < -0.4 is 4.90 Å². The molecule has 3 aromatic rings. The van der Waals surface area contributed by atoms with Crippen molar-refractivity contribution < 1.29 is 19.4 Å². The monoisotopic (exact) mass is 471 g/mol. The molecule has 174 valence electrons. The predicted molar refractivity (Wildman–Crippen MR) is 123 cm³/mol. The van der Waals surface area contributed by atoms with E-state index < -0.39 is 28.8 Å². The first-order valence-electron chi connectivity index (χ1n) is 10.7. The maximum atomic E-state index is 14.9. The first kappa shape index (κ1) is 23.2. The molecule has 4 rings (SSSR count). The van der Waals surface area contributed by atoms with E-state index >= 15 is 0 Å². The van der Waals surface area contributed by atoms with Crippen LogP contribution >= 0.6 is 11.3 Å². The molecule has 0 radical (unpaired) electrons. The van der Waals surface area contributed by atoms with Gasteiger partial charge in [-0.15, -0.1) is 21.5 Å². The zero-order valence-corrected chi connectivity index (χ0v) is 19.5. The van der Waals surface area contributed by atoms with Crippen molar-refractivity contribution in [2.24, 2.45) is 5.41 Å². The minimum absolute atomic E-state index is 0.116. The Balaban J connectivity index is 1.78. The van der Waals surface area contributed by atoms with E-state index in [4.69, 9.17) is 0 Å². The van der Waals surface area contributed by atoms with Crippen molar-refractivity contribution in [1.29, 1.82) is 0 Å². The second-order valence-corrected chi connectivity index (χ2v) is 10.4. The van der Waals surface area contributed by atoms with Crippen LogP contribution in [0.2, 0.25) is 0 Å². The van der Waals surface area contributed by atoms with Crippen molar-refractivity contribution >= 4 is 23.2 Å². The molecule has 1 atom stereocenters. The van der Waals surface area contributed by atoms with Crippen LogP contribution in [0.5, 0.6) is 0 Å². The summed E-state index contributed by atoms with van der Waals surface area (Å²) in [5, 5.41) is 28.6. The van der Waals surface area contributed by atoms with E-state index in [1.165, 1.54) is 28.4 Å². The highest BCUT2D eigenvalue weighted by molar-refractivity contribution is 7.14. The van der Waals surface area contributed by atoms with Crippen molar-refractivity contribution in [3.05, 3.63) is 53.0 Å². The number of hydrogen-bond donors (Lipinski definition) is 2. The third kappa shape index (κ3) is 4.20. The lowest BCUT2D eigenvalue weighted by molar-refractivity contribution is 0.0972. The summed E-state index contributed by atoms with van der Waals surface area (Å²) < 4.78 is 14.9. The molecule has 0 spiro atoms. The Bertz CT molecular complexity index is 1140. The van der Waals surface area contributed by atoms with Gasteiger partial charge in [-0.25, -0.2) is 14.2 Å². The molecule has 3 aromatic heterocycles. The highest BCUT2D eigenvalue weighted by Crippen LogP contribution is 2.53. The average Bonchev–Trinajstić information content (AvgIpc) is 3.22. The molecular formula is C23H26FN5O3S. The number of nitrogens with zero attached hydrogens (tertiary/aromatic N) is 5. The SMILES string of the molecule is CC(C)(C)C(N(C(=O)O)c1ccc(-c2ncc(CO)s2)nn1)C1(c2ncccc2F)CCC1. The number of anilines is 1. The van der Waals surface area contributed by atoms with Gasteiger partial charge < -0.3 is 10.2 Å². The number of pyridine rings is 1. The van der Waals surface area contributed by atoms with Crippen molar-refractivity contribution in [3.8, 4) is 10.7 Å². The van der Waals surface area contributed by atoms with Crippen LogP contribution in [0.25, 0.3) is 10.7 Å². The summed E-state index contributed by atoms with van der Waals surface area (Å²) in [6.45, 7) is 5.72. The molecule has 0 aliphatic heterocycles. The summed E-state index contributed by atoms with van der Waals surface area (Å²) in [5.74, 6) is -0.269. The third-order valence-corrected chi connectivity index (χ3v) is 7.11. The fourth-order valence-corrected chi connectivity index (χ4v) is 5.56. The minimum atomic E-state index is -1.18. The zero-order chi connectivity index (χ0) is 23.8. The molecule has 1 unspecified atom stereocenters. The number of carbonyl (C=O) groups is 1. The summed E-state index contributed by atoms with van der Waals surface area (Å²) in [4.78, 5) is 23.1. The number of carboxylic acid groups (broad SMARTS) is 1. The van der Waals surface area contributed by atoms with Gasteiger partial charge in [-0.1, -0.05) is 27.2 Å². The first-order valence-corrected chi connectivity index (χ1v) is 11.5. The lowest BCUT2D eigenvalue weighted by Crippen LogP contribution is -2.62. The smallest absolute Gasteiger partial charge is 0.413 e. The van der Waals surface area contributed by atoms with Crippen molar-refractivity contribution in [2.45, 2.75) is 58.1 Å². The average molecular weight is 472 g/mol. The number of aliphatic hydroxyl groups is 1. The quantitative estimate of drug-likeness (QED) is 0.538. The molecule has 10 heteroatoms. The second kappa shape index (κ2) is 8.75. The van der Waals surface area contributed by atoms with Crippen LogP contribution in [0.4, 0.5) is 15.0 Å². The highest BCUT2D eigenvalue weighted by atomic mass is 32.1. The number of hydrogen-bond acceptors (Lipinski definition) is 7. The standard InChI is InChI=1S/C23H26FN5O3S/c1-22(2,3)20(23(9-5-10-23)18-15(24)6-4-11-25-18)29(21(31)32)17-8-7-16(27-28-17)19-26-12-14(13-30)33-19/h4,6-8,11-12,20,30H,5,9-10,13H2,1-3H3,(H,31,32). The Kier molecular flexibility index (Phi) is 6.15. The number of rotatable bonds is 6.